The maximum atomic E-state index is 2.65. The van der Waals surface area contributed by atoms with Crippen molar-refractivity contribution < 1.29 is 0 Å². The average Bonchev–Trinajstić information content (AvgIpc) is 3.93. The second kappa shape index (κ2) is 14.9. The van der Waals surface area contributed by atoms with Crippen molar-refractivity contribution in [1.82, 2.24) is 4.57 Å². The lowest BCUT2D eigenvalue weighted by Crippen LogP contribution is -2.55. The summed E-state index contributed by atoms with van der Waals surface area (Å²) in [5.74, 6) is 3.08. The number of para-hydroxylation sites is 4. The molecule has 12 aromatic rings. The molecule has 0 radical (unpaired) electrons. The zero-order valence-corrected chi connectivity index (χ0v) is 39.5. The Morgan fingerprint density at radius 2 is 0.915 bits per heavy atom. The van der Waals surface area contributed by atoms with Crippen molar-refractivity contribution in [1.29, 1.82) is 0 Å². The van der Waals surface area contributed by atoms with Gasteiger partial charge in [-0.1, -0.05) is 146 Å². The Labute approximate surface area is 414 Å². The number of anilines is 6. The summed E-state index contributed by atoms with van der Waals surface area (Å²) in [4.78, 5) is 5.13. The largest absolute Gasteiger partial charge is 0.310 e. The molecule has 3 heteroatoms. The van der Waals surface area contributed by atoms with Crippen LogP contribution >= 0.6 is 0 Å². The summed E-state index contributed by atoms with van der Waals surface area (Å²) in [6, 6.07) is 84.6. The van der Waals surface area contributed by atoms with E-state index in [1.807, 2.05) is 0 Å². The van der Waals surface area contributed by atoms with E-state index in [2.05, 4.69) is 239 Å². The third-order valence-corrected chi connectivity index (χ3v) is 17.8. The summed E-state index contributed by atoms with van der Waals surface area (Å²) in [7, 11) is 0. The van der Waals surface area contributed by atoms with Gasteiger partial charge < -0.3 is 14.4 Å². The van der Waals surface area contributed by atoms with Crippen LogP contribution in [0.15, 0.2) is 224 Å². The second-order valence-electron chi connectivity index (χ2n) is 21.2. The molecule has 11 aromatic carbocycles. The molecule has 338 valence electrons. The van der Waals surface area contributed by atoms with E-state index in [0.717, 1.165) is 34.6 Å². The highest BCUT2D eigenvalue weighted by atomic mass is 15.2. The quantitative estimate of drug-likeness (QED) is 0.148. The molecule has 0 unspecified atom stereocenters. The Morgan fingerprint density at radius 3 is 1.61 bits per heavy atom. The van der Waals surface area contributed by atoms with Crippen LogP contribution in [0.5, 0.6) is 0 Å². The first-order valence-corrected chi connectivity index (χ1v) is 25.9. The highest BCUT2D eigenvalue weighted by molar-refractivity contribution is 6.28. The van der Waals surface area contributed by atoms with Gasteiger partial charge in [0.1, 0.15) is 0 Å². The highest BCUT2D eigenvalue weighted by Gasteiger charge is 2.62. The predicted octanol–water partition coefficient (Wildman–Crippen LogP) is 18.3. The lowest BCUT2D eigenvalue weighted by atomic mass is 9.43. The van der Waals surface area contributed by atoms with Gasteiger partial charge in [0.25, 0.3) is 0 Å². The van der Waals surface area contributed by atoms with Gasteiger partial charge in [-0.05, 0) is 178 Å². The Morgan fingerprint density at radius 1 is 0.366 bits per heavy atom. The normalized spacial score (nSPS) is 20.7. The molecule has 4 fully saturated rings. The maximum Gasteiger partial charge on any atom is 0.0542 e. The van der Waals surface area contributed by atoms with Gasteiger partial charge in [0, 0.05) is 49.7 Å². The van der Waals surface area contributed by atoms with Gasteiger partial charge in [-0.25, -0.2) is 0 Å². The first kappa shape index (κ1) is 39.7. The van der Waals surface area contributed by atoms with E-state index in [1.54, 1.807) is 11.1 Å². The van der Waals surface area contributed by atoms with Crippen molar-refractivity contribution in [3.63, 3.8) is 0 Å². The van der Waals surface area contributed by atoms with E-state index in [1.165, 1.54) is 114 Å². The van der Waals surface area contributed by atoms with Gasteiger partial charge in [0.15, 0.2) is 0 Å². The molecule has 4 saturated carbocycles. The Hall–Kier alpha value is -8.14. The average molecular weight is 910 g/mol. The first-order chi connectivity index (χ1) is 35.2. The van der Waals surface area contributed by atoms with Crippen molar-refractivity contribution >= 4 is 88.2 Å². The zero-order chi connectivity index (χ0) is 46.4. The minimum Gasteiger partial charge on any atom is -0.310 e. The van der Waals surface area contributed by atoms with Crippen molar-refractivity contribution in [3.8, 4) is 16.8 Å². The number of hydrogen-bond acceptors (Lipinski definition) is 2. The van der Waals surface area contributed by atoms with Crippen LogP contribution in [0.4, 0.5) is 34.1 Å². The third-order valence-electron chi connectivity index (χ3n) is 17.8. The molecule has 1 aromatic heterocycles. The van der Waals surface area contributed by atoms with Crippen molar-refractivity contribution in [2.24, 2.45) is 23.7 Å². The molecule has 1 heterocycles. The van der Waals surface area contributed by atoms with E-state index in [-0.39, 0.29) is 5.41 Å². The number of nitrogens with zero attached hydrogens (tertiary/aromatic N) is 3. The van der Waals surface area contributed by atoms with Gasteiger partial charge in [-0.3, -0.25) is 0 Å². The van der Waals surface area contributed by atoms with Crippen LogP contribution in [-0.2, 0) is 5.41 Å². The van der Waals surface area contributed by atoms with Crippen LogP contribution in [0, 0.1) is 23.7 Å². The van der Waals surface area contributed by atoms with Crippen molar-refractivity contribution in [3.05, 3.63) is 236 Å². The van der Waals surface area contributed by atoms with Gasteiger partial charge in [0.2, 0.25) is 0 Å². The predicted molar refractivity (Wildman–Crippen MR) is 297 cm³/mol. The standard InChI is InChI=1S/C68H51N3/c1-4-15-49(16-5-1)69(52-31-36-63-58(42-52)54-22-11-13-25-60(54)70(63)50-17-6-2-7-18-50)61-34-29-45-28-33-57-62(35-30-46-27-32-56(61)65(45)66(46)57)71(51-19-8-3-9-20-51)64-26-14-23-55-53-21-10-12-24-59(53)68(67(55)64)47-38-43-37-44(40-47)41-48(68)39-43/h1-36,42-44,47-48H,37-41H2. The Bertz CT molecular complexity index is 4050. The van der Waals surface area contributed by atoms with E-state index in [9.17, 15) is 0 Å². The molecule has 0 amide bonds. The fourth-order valence-electron chi connectivity index (χ4n) is 15.5. The van der Waals surface area contributed by atoms with Gasteiger partial charge in [-0.15, -0.1) is 0 Å². The fourth-order valence-corrected chi connectivity index (χ4v) is 15.5. The van der Waals surface area contributed by atoms with E-state index in [0.29, 0.717) is 11.8 Å². The molecule has 0 atom stereocenters. The molecule has 1 spiro atoms. The molecule has 71 heavy (non-hydrogen) atoms. The molecular weight excluding hydrogens is 859 g/mol. The van der Waals surface area contributed by atoms with Crippen LogP contribution in [0.2, 0.25) is 0 Å². The monoisotopic (exact) mass is 909 g/mol. The molecule has 4 bridgehead atoms. The van der Waals surface area contributed by atoms with Crippen LogP contribution in [0.1, 0.15) is 43.2 Å². The summed E-state index contributed by atoms with van der Waals surface area (Å²) in [5, 5.41) is 10.1. The van der Waals surface area contributed by atoms with Gasteiger partial charge >= 0.3 is 0 Å². The van der Waals surface area contributed by atoms with Crippen LogP contribution < -0.4 is 9.80 Å². The first-order valence-electron chi connectivity index (χ1n) is 25.9. The molecule has 5 aliphatic rings. The smallest absolute Gasteiger partial charge is 0.0542 e. The number of benzene rings is 11. The SMILES string of the molecule is c1ccc(N(c2ccc3c(c2)c2ccccc2n3-c2ccccc2)c2ccc3ccc4c(N(c5ccccc5)c5cccc6c5C5(c7ccccc7-6)C6CC7CC(C6)CC5C7)ccc5ccc2c3c54)cc1. The molecule has 0 N–H and O–H groups in total. The Kier molecular flexibility index (Phi) is 8.35. The molecule has 5 aliphatic carbocycles. The van der Waals surface area contributed by atoms with E-state index >= 15 is 0 Å². The lowest BCUT2D eigenvalue weighted by Gasteiger charge is -2.61. The van der Waals surface area contributed by atoms with Crippen LogP contribution in [0.3, 0.4) is 0 Å². The highest BCUT2D eigenvalue weighted by Crippen LogP contribution is 2.71. The second-order valence-corrected chi connectivity index (χ2v) is 21.2. The topological polar surface area (TPSA) is 11.4 Å². The summed E-state index contributed by atoms with van der Waals surface area (Å²) >= 11 is 0. The zero-order valence-electron chi connectivity index (χ0n) is 39.5. The van der Waals surface area contributed by atoms with Crippen molar-refractivity contribution in [2.45, 2.75) is 37.5 Å². The summed E-state index contributed by atoms with van der Waals surface area (Å²) in [6.45, 7) is 0. The van der Waals surface area contributed by atoms with Gasteiger partial charge in [0.05, 0.1) is 28.1 Å². The van der Waals surface area contributed by atoms with E-state index < -0.39 is 0 Å². The molecule has 0 aliphatic heterocycles. The summed E-state index contributed by atoms with van der Waals surface area (Å²) < 4.78 is 2.40. The van der Waals surface area contributed by atoms with Crippen LogP contribution in [-0.4, -0.2) is 4.57 Å². The van der Waals surface area contributed by atoms with Crippen molar-refractivity contribution in [2.75, 3.05) is 9.80 Å². The number of fused-ring (bicyclic) bond motifs is 6. The van der Waals surface area contributed by atoms with Gasteiger partial charge in [-0.2, -0.15) is 0 Å². The molecule has 0 saturated heterocycles. The molecule has 3 nitrogen and oxygen atoms in total. The lowest BCUT2D eigenvalue weighted by molar-refractivity contribution is -0.0397. The van der Waals surface area contributed by atoms with Crippen LogP contribution in [0.25, 0.3) is 70.9 Å². The summed E-state index contributed by atoms with van der Waals surface area (Å²) in [6.07, 6.45) is 6.86. The third kappa shape index (κ3) is 5.49. The molecular formula is C68H51N3. The minimum absolute atomic E-state index is 0.0159. The number of rotatable bonds is 7. The van der Waals surface area contributed by atoms with E-state index in [4.69, 9.17) is 0 Å². The fraction of sp³-hybridized carbons (Fsp3) is 0.147. The number of hydrogen-bond donors (Lipinski definition) is 0. The molecule has 17 rings (SSSR count). The Balaban J connectivity index is 0.921. The number of aromatic nitrogens is 1. The minimum atomic E-state index is 0.0159. The maximum absolute atomic E-state index is 2.65. The summed E-state index contributed by atoms with van der Waals surface area (Å²) in [5.41, 5.74) is 16.8.